The van der Waals surface area contributed by atoms with Crippen molar-refractivity contribution < 1.29 is 14.6 Å². The molecule has 1 aliphatic carbocycles. The fourth-order valence-electron chi connectivity index (χ4n) is 3.86. The van der Waals surface area contributed by atoms with Gasteiger partial charge in [0.1, 0.15) is 6.61 Å². The Morgan fingerprint density at radius 3 is 2.57 bits per heavy atom. The molecule has 0 saturated heterocycles. The first-order valence-electron chi connectivity index (χ1n) is 10.2. The van der Waals surface area contributed by atoms with Crippen molar-refractivity contribution in [2.75, 3.05) is 11.9 Å². The zero-order chi connectivity index (χ0) is 21.1. The molecule has 30 heavy (non-hydrogen) atoms. The van der Waals surface area contributed by atoms with Crippen LogP contribution >= 0.6 is 0 Å². The van der Waals surface area contributed by atoms with Crippen LogP contribution in [0.2, 0.25) is 0 Å². The van der Waals surface area contributed by atoms with Gasteiger partial charge in [-0.25, -0.2) is 4.98 Å². The molecule has 1 saturated carbocycles. The lowest BCUT2D eigenvalue weighted by Crippen LogP contribution is -2.45. The van der Waals surface area contributed by atoms with Crippen molar-refractivity contribution in [2.24, 2.45) is 5.92 Å². The SMILES string of the molecule is Cc1nc(OCc2ccccc2)ccc1-c1cccc(N(C)C2CC(C(=O)O)C2)c1. The van der Waals surface area contributed by atoms with E-state index in [0.29, 0.717) is 25.3 Å². The number of rotatable bonds is 7. The smallest absolute Gasteiger partial charge is 0.306 e. The molecule has 2 aromatic carbocycles. The highest BCUT2D eigenvalue weighted by Crippen LogP contribution is 2.35. The molecular weight excluding hydrogens is 376 g/mol. The lowest BCUT2D eigenvalue weighted by Gasteiger charge is -2.40. The summed E-state index contributed by atoms with van der Waals surface area (Å²) in [6.07, 6.45) is 1.40. The third-order valence-corrected chi connectivity index (χ3v) is 5.86. The van der Waals surface area contributed by atoms with Crippen LogP contribution in [0.25, 0.3) is 11.1 Å². The fourth-order valence-corrected chi connectivity index (χ4v) is 3.86. The summed E-state index contributed by atoms with van der Waals surface area (Å²) in [6.45, 7) is 2.48. The number of pyridine rings is 1. The van der Waals surface area contributed by atoms with Gasteiger partial charge in [0.25, 0.3) is 0 Å². The lowest BCUT2D eigenvalue weighted by molar-refractivity contribution is -0.145. The number of benzene rings is 2. The highest BCUT2D eigenvalue weighted by molar-refractivity contribution is 5.73. The molecule has 0 unspecified atom stereocenters. The number of anilines is 1. The summed E-state index contributed by atoms with van der Waals surface area (Å²) < 4.78 is 5.84. The molecule has 0 radical (unpaired) electrons. The maximum absolute atomic E-state index is 11.1. The molecule has 0 amide bonds. The van der Waals surface area contributed by atoms with Crippen molar-refractivity contribution >= 4 is 11.7 Å². The first-order chi connectivity index (χ1) is 14.5. The summed E-state index contributed by atoms with van der Waals surface area (Å²) in [6, 6.07) is 22.6. The number of carbonyl (C=O) groups is 1. The largest absolute Gasteiger partial charge is 0.481 e. The molecule has 4 rings (SSSR count). The maximum atomic E-state index is 11.1. The Balaban J connectivity index is 1.46. The van der Waals surface area contributed by atoms with E-state index in [1.165, 1.54) is 0 Å². The average Bonchev–Trinajstić information content (AvgIpc) is 2.72. The van der Waals surface area contributed by atoms with Crippen molar-refractivity contribution in [1.29, 1.82) is 0 Å². The summed E-state index contributed by atoms with van der Waals surface area (Å²) in [5, 5.41) is 9.12. The van der Waals surface area contributed by atoms with Gasteiger partial charge in [0.2, 0.25) is 5.88 Å². The molecule has 1 aromatic heterocycles. The second-order valence-electron chi connectivity index (χ2n) is 7.88. The van der Waals surface area contributed by atoms with E-state index < -0.39 is 5.97 Å². The summed E-state index contributed by atoms with van der Waals surface area (Å²) in [7, 11) is 2.04. The minimum absolute atomic E-state index is 0.212. The van der Waals surface area contributed by atoms with E-state index in [9.17, 15) is 4.79 Å². The number of hydrogen-bond acceptors (Lipinski definition) is 4. The van der Waals surface area contributed by atoms with Crippen LogP contribution in [-0.2, 0) is 11.4 Å². The topological polar surface area (TPSA) is 62.7 Å². The second-order valence-corrected chi connectivity index (χ2v) is 7.88. The highest BCUT2D eigenvalue weighted by Gasteiger charge is 2.36. The van der Waals surface area contributed by atoms with Crippen LogP contribution in [0, 0.1) is 12.8 Å². The molecule has 1 aliphatic rings. The van der Waals surface area contributed by atoms with Crippen LogP contribution in [0.1, 0.15) is 24.1 Å². The third kappa shape index (κ3) is 4.30. The number of nitrogens with zero attached hydrogens (tertiary/aromatic N) is 2. The number of aryl methyl sites for hydroxylation is 1. The predicted octanol–water partition coefficient (Wildman–Crippen LogP) is 4.94. The Morgan fingerprint density at radius 1 is 1.10 bits per heavy atom. The molecule has 154 valence electrons. The molecule has 0 spiro atoms. The Morgan fingerprint density at radius 2 is 1.87 bits per heavy atom. The molecule has 1 heterocycles. The standard InChI is InChI=1S/C25H26N2O3/c1-17-23(11-12-24(26-17)30-16-18-7-4-3-5-8-18)19-9-6-10-21(13-19)27(2)22-14-20(15-22)25(28)29/h3-13,20,22H,14-16H2,1-2H3,(H,28,29). The van der Waals surface area contributed by atoms with Gasteiger partial charge in [0, 0.05) is 36.1 Å². The van der Waals surface area contributed by atoms with Crippen LogP contribution in [0.15, 0.2) is 66.7 Å². The van der Waals surface area contributed by atoms with Gasteiger partial charge in [-0.05, 0) is 49.1 Å². The van der Waals surface area contributed by atoms with Crippen LogP contribution in [0.5, 0.6) is 5.88 Å². The monoisotopic (exact) mass is 402 g/mol. The average molecular weight is 402 g/mol. The quantitative estimate of drug-likeness (QED) is 0.607. The van der Waals surface area contributed by atoms with Gasteiger partial charge < -0.3 is 14.7 Å². The van der Waals surface area contributed by atoms with Crippen molar-refractivity contribution in [2.45, 2.75) is 32.4 Å². The molecule has 0 atom stereocenters. The number of ether oxygens (including phenoxy) is 1. The van der Waals surface area contributed by atoms with Gasteiger partial charge in [-0.2, -0.15) is 0 Å². The number of carboxylic acid groups (broad SMARTS) is 1. The zero-order valence-electron chi connectivity index (χ0n) is 17.3. The minimum Gasteiger partial charge on any atom is -0.481 e. The van der Waals surface area contributed by atoms with Gasteiger partial charge >= 0.3 is 5.97 Å². The molecule has 1 N–H and O–H groups in total. The number of carboxylic acids is 1. The first kappa shape index (κ1) is 20.0. The highest BCUT2D eigenvalue weighted by atomic mass is 16.5. The Labute approximate surface area is 177 Å². The fraction of sp³-hybridized carbons (Fsp3) is 0.280. The number of aliphatic carboxylic acids is 1. The van der Waals surface area contributed by atoms with Gasteiger partial charge in [-0.1, -0.05) is 42.5 Å². The summed E-state index contributed by atoms with van der Waals surface area (Å²) >= 11 is 0. The van der Waals surface area contributed by atoms with E-state index in [1.54, 1.807) is 0 Å². The van der Waals surface area contributed by atoms with E-state index in [-0.39, 0.29) is 12.0 Å². The molecule has 0 aliphatic heterocycles. The van der Waals surface area contributed by atoms with Gasteiger partial charge in [0.05, 0.1) is 5.92 Å². The molecule has 1 fully saturated rings. The first-order valence-corrected chi connectivity index (χ1v) is 10.2. The molecular formula is C25H26N2O3. The summed E-state index contributed by atoms with van der Waals surface area (Å²) in [5.74, 6) is -0.289. The Hall–Kier alpha value is -3.34. The predicted molar refractivity (Wildman–Crippen MR) is 118 cm³/mol. The van der Waals surface area contributed by atoms with E-state index in [0.717, 1.165) is 28.1 Å². The zero-order valence-corrected chi connectivity index (χ0v) is 17.3. The Kier molecular flexibility index (Phi) is 5.70. The molecule has 0 bridgehead atoms. The van der Waals surface area contributed by atoms with Crippen molar-refractivity contribution in [3.05, 3.63) is 78.0 Å². The molecule has 3 aromatic rings. The van der Waals surface area contributed by atoms with Gasteiger partial charge in [-0.3, -0.25) is 4.79 Å². The van der Waals surface area contributed by atoms with Crippen LogP contribution in [0.3, 0.4) is 0 Å². The van der Waals surface area contributed by atoms with E-state index in [2.05, 4.69) is 28.1 Å². The lowest BCUT2D eigenvalue weighted by atomic mass is 9.79. The van der Waals surface area contributed by atoms with E-state index in [4.69, 9.17) is 9.84 Å². The van der Waals surface area contributed by atoms with Gasteiger partial charge in [-0.15, -0.1) is 0 Å². The van der Waals surface area contributed by atoms with Crippen molar-refractivity contribution in [1.82, 2.24) is 4.98 Å². The maximum Gasteiger partial charge on any atom is 0.306 e. The van der Waals surface area contributed by atoms with Crippen LogP contribution in [-0.4, -0.2) is 29.1 Å². The normalized spacial score (nSPS) is 17.8. The minimum atomic E-state index is -0.690. The van der Waals surface area contributed by atoms with E-state index >= 15 is 0 Å². The molecule has 5 heteroatoms. The number of hydrogen-bond donors (Lipinski definition) is 1. The summed E-state index contributed by atoms with van der Waals surface area (Å²) in [5.41, 5.74) is 5.26. The second kappa shape index (κ2) is 8.57. The van der Waals surface area contributed by atoms with Crippen LogP contribution < -0.4 is 9.64 Å². The van der Waals surface area contributed by atoms with Gasteiger partial charge in [0.15, 0.2) is 0 Å². The third-order valence-electron chi connectivity index (χ3n) is 5.86. The summed E-state index contributed by atoms with van der Waals surface area (Å²) in [4.78, 5) is 17.9. The van der Waals surface area contributed by atoms with Crippen LogP contribution in [0.4, 0.5) is 5.69 Å². The number of aromatic nitrogens is 1. The van der Waals surface area contributed by atoms with E-state index in [1.807, 2.05) is 62.5 Å². The van der Waals surface area contributed by atoms with Crippen molar-refractivity contribution in [3.8, 4) is 17.0 Å². The Bertz CT molecular complexity index is 1030. The van der Waals surface area contributed by atoms with Crippen molar-refractivity contribution in [3.63, 3.8) is 0 Å². The molecule has 5 nitrogen and oxygen atoms in total.